The molecule has 2 aromatic rings. The Morgan fingerprint density at radius 2 is 1.97 bits per heavy atom. The molecule has 0 aliphatic carbocycles. The van der Waals surface area contributed by atoms with Gasteiger partial charge in [0, 0.05) is 45.0 Å². The molecule has 31 heavy (non-hydrogen) atoms. The maximum atomic E-state index is 12.9. The molecule has 3 rings (SSSR count). The van der Waals surface area contributed by atoms with Crippen molar-refractivity contribution in [2.45, 2.75) is 39.5 Å². The van der Waals surface area contributed by atoms with E-state index in [4.69, 9.17) is 9.47 Å². The molecule has 1 aliphatic rings. The Kier molecular flexibility index (Phi) is 8.26. The molecule has 0 amide bonds. The summed E-state index contributed by atoms with van der Waals surface area (Å²) < 4.78 is 35.9. The first-order chi connectivity index (χ1) is 15.1. The molecule has 7 nitrogen and oxygen atoms in total. The summed E-state index contributed by atoms with van der Waals surface area (Å²) >= 11 is 0. The molecule has 0 unspecified atom stereocenters. The first kappa shape index (κ1) is 22.6. The summed E-state index contributed by atoms with van der Waals surface area (Å²) in [5, 5.41) is 6.39. The van der Waals surface area contributed by atoms with Crippen LogP contribution in [0.15, 0.2) is 41.5 Å². The highest BCUT2D eigenvalue weighted by Crippen LogP contribution is 2.32. The van der Waals surface area contributed by atoms with Gasteiger partial charge in [0.15, 0.2) is 17.5 Å². The number of anilines is 1. The molecule has 0 radical (unpaired) electrons. The minimum Gasteiger partial charge on any atom is -0.490 e. The number of hydrogen-bond acceptors (Lipinski definition) is 5. The minimum absolute atomic E-state index is 0.0340. The normalized spacial score (nSPS) is 14.1. The van der Waals surface area contributed by atoms with Crippen LogP contribution in [0.2, 0.25) is 0 Å². The zero-order chi connectivity index (χ0) is 22.1. The number of rotatable bonds is 9. The fourth-order valence-electron chi connectivity index (χ4n) is 3.47. The van der Waals surface area contributed by atoms with Gasteiger partial charge in [-0.3, -0.25) is 4.99 Å². The topological polar surface area (TPSA) is 71.0 Å². The summed E-state index contributed by atoms with van der Waals surface area (Å²) in [4.78, 5) is 11.0. The zero-order valence-corrected chi connectivity index (χ0v) is 17.9. The maximum absolute atomic E-state index is 12.9. The standard InChI is InChI=1S/C22H29F2N5O2/c1-3-30-18-8-6-7-17(20(18)31-21(23)24)15-28-22(25-2)27-14-16-9-10-26-19(13-16)29-11-4-5-12-29/h6-10,13,21H,3-5,11-12,14-15H2,1-2H3,(H2,25,27,28). The summed E-state index contributed by atoms with van der Waals surface area (Å²) in [6.45, 7) is 2.09. The van der Waals surface area contributed by atoms with Crippen LogP contribution in [0, 0.1) is 0 Å². The molecule has 1 aliphatic heterocycles. The van der Waals surface area contributed by atoms with Crippen molar-refractivity contribution in [2.24, 2.45) is 4.99 Å². The molecule has 2 N–H and O–H groups in total. The second kappa shape index (κ2) is 11.3. The third-order valence-electron chi connectivity index (χ3n) is 4.94. The molecule has 168 valence electrons. The van der Waals surface area contributed by atoms with E-state index in [1.165, 1.54) is 12.8 Å². The Hall–Kier alpha value is -3.10. The number of aromatic nitrogens is 1. The van der Waals surface area contributed by atoms with Crippen molar-refractivity contribution in [1.82, 2.24) is 15.6 Å². The molecular formula is C22H29F2N5O2. The third-order valence-corrected chi connectivity index (χ3v) is 4.94. The van der Waals surface area contributed by atoms with Crippen LogP contribution in [-0.2, 0) is 13.1 Å². The lowest BCUT2D eigenvalue weighted by Gasteiger charge is -2.18. The largest absolute Gasteiger partial charge is 0.490 e. The van der Waals surface area contributed by atoms with Crippen molar-refractivity contribution in [3.05, 3.63) is 47.7 Å². The van der Waals surface area contributed by atoms with Gasteiger partial charge < -0.3 is 25.0 Å². The Labute approximate surface area is 181 Å². The number of alkyl halides is 2. The second-order valence-electron chi connectivity index (χ2n) is 7.05. The van der Waals surface area contributed by atoms with Crippen molar-refractivity contribution in [2.75, 3.05) is 31.6 Å². The van der Waals surface area contributed by atoms with E-state index in [1.54, 1.807) is 32.2 Å². The highest BCUT2D eigenvalue weighted by atomic mass is 19.3. The SMILES string of the molecule is CCOc1cccc(CNC(=NC)NCc2ccnc(N3CCCC3)c2)c1OC(F)F. The van der Waals surface area contributed by atoms with Crippen LogP contribution >= 0.6 is 0 Å². The lowest BCUT2D eigenvalue weighted by Crippen LogP contribution is -2.36. The van der Waals surface area contributed by atoms with Gasteiger partial charge in [0.1, 0.15) is 5.82 Å². The van der Waals surface area contributed by atoms with Gasteiger partial charge in [-0.1, -0.05) is 12.1 Å². The number of benzene rings is 1. The van der Waals surface area contributed by atoms with Crippen LogP contribution in [0.3, 0.4) is 0 Å². The first-order valence-electron chi connectivity index (χ1n) is 10.4. The molecule has 9 heteroatoms. The number of hydrogen-bond donors (Lipinski definition) is 2. The fourth-order valence-corrected chi connectivity index (χ4v) is 3.47. The molecule has 1 saturated heterocycles. The van der Waals surface area contributed by atoms with Crippen molar-refractivity contribution in [3.63, 3.8) is 0 Å². The van der Waals surface area contributed by atoms with Gasteiger partial charge in [-0.05, 0) is 43.5 Å². The van der Waals surface area contributed by atoms with Crippen LogP contribution in [0.4, 0.5) is 14.6 Å². The summed E-state index contributed by atoms with van der Waals surface area (Å²) in [5.74, 6) is 1.86. The Bertz CT molecular complexity index is 873. The van der Waals surface area contributed by atoms with Crippen molar-refractivity contribution in [3.8, 4) is 11.5 Å². The average molecular weight is 434 g/mol. The van der Waals surface area contributed by atoms with Crippen LogP contribution in [0.25, 0.3) is 0 Å². The number of halogens is 2. The third kappa shape index (κ3) is 6.44. The van der Waals surface area contributed by atoms with E-state index in [0.717, 1.165) is 24.5 Å². The minimum atomic E-state index is -2.94. The number of nitrogens with one attached hydrogen (secondary N) is 2. The van der Waals surface area contributed by atoms with E-state index in [0.29, 0.717) is 24.7 Å². The molecule has 1 fully saturated rings. The zero-order valence-electron chi connectivity index (χ0n) is 17.9. The van der Waals surface area contributed by atoms with Gasteiger partial charge in [-0.2, -0.15) is 8.78 Å². The van der Waals surface area contributed by atoms with Gasteiger partial charge >= 0.3 is 6.61 Å². The highest BCUT2D eigenvalue weighted by Gasteiger charge is 2.16. The molecule has 1 aromatic heterocycles. The number of guanidine groups is 1. The number of nitrogens with zero attached hydrogens (tertiary/aromatic N) is 3. The summed E-state index contributed by atoms with van der Waals surface area (Å²) in [6.07, 6.45) is 4.21. The average Bonchev–Trinajstić information content (AvgIpc) is 3.31. The molecular weight excluding hydrogens is 404 g/mol. The Balaban J connectivity index is 1.61. The number of pyridine rings is 1. The van der Waals surface area contributed by atoms with Gasteiger partial charge in [-0.15, -0.1) is 0 Å². The van der Waals surface area contributed by atoms with E-state index >= 15 is 0 Å². The predicted molar refractivity (Wildman–Crippen MR) is 117 cm³/mol. The smallest absolute Gasteiger partial charge is 0.387 e. The summed E-state index contributed by atoms with van der Waals surface area (Å²) in [7, 11) is 1.66. The predicted octanol–water partition coefficient (Wildman–Crippen LogP) is 3.55. The van der Waals surface area contributed by atoms with E-state index in [-0.39, 0.29) is 18.0 Å². The highest BCUT2D eigenvalue weighted by molar-refractivity contribution is 5.79. The van der Waals surface area contributed by atoms with E-state index in [1.807, 2.05) is 12.3 Å². The van der Waals surface area contributed by atoms with Gasteiger partial charge in [-0.25, -0.2) is 4.98 Å². The second-order valence-corrected chi connectivity index (χ2v) is 7.05. The number of aliphatic imine (C=N–C) groups is 1. The van der Waals surface area contributed by atoms with Crippen LogP contribution in [-0.4, -0.2) is 44.3 Å². The first-order valence-corrected chi connectivity index (χ1v) is 10.4. The van der Waals surface area contributed by atoms with E-state index < -0.39 is 6.61 Å². The molecule has 2 heterocycles. The van der Waals surface area contributed by atoms with E-state index in [2.05, 4.69) is 31.6 Å². The van der Waals surface area contributed by atoms with E-state index in [9.17, 15) is 8.78 Å². The molecule has 0 spiro atoms. The molecule has 0 saturated carbocycles. The number of para-hydroxylation sites is 1. The monoisotopic (exact) mass is 433 g/mol. The van der Waals surface area contributed by atoms with Crippen LogP contribution < -0.4 is 25.0 Å². The van der Waals surface area contributed by atoms with Crippen molar-refractivity contribution >= 4 is 11.8 Å². The lowest BCUT2D eigenvalue weighted by atomic mass is 10.2. The molecule has 1 aromatic carbocycles. The van der Waals surface area contributed by atoms with Crippen LogP contribution in [0.1, 0.15) is 30.9 Å². The van der Waals surface area contributed by atoms with Gasteiger partial charge in [0.25, 0.3) is 0 Å². The molecule has 0 atom stereocenters. The fraction of sp³-hybridized carbons (Fsp3) is 0.455. The Morgan fingerprint density at radius 1 is 1.19 bits per heavy atom. The van der Waals surface area contributed by atoms with Crippen molar-refractivity contribution in [1.29, 1.82) is 0 Å². The van der Waals surface area contributed by atoms with Gasteiger partial charge in [0.05, 0.1) is 6.61 Å². The van der Waals surface area contributed by atoms with Gasteiger partial charge in [0.2, 0.25) is 0 Å². The number of ether oxygens (including phenoxy) is 2. The summed E-state index contributed by atoms with van der Waals surface area (Å²) in [6, 6.07) is 9.10. The quantitative estimate of drug-likeness (QED) is 0.466. The van der Waals surface area contributed by atoms with Crippen molar-refractivity contribution < 1.29 is 18.3 Å². The van der Waals surface area contributed by atoms with Crippen LogP contribution in [0.5, 0.6) is 11.5 Å². The maximum Gasteiger partial charge on any atom is 0.387 e. The Morgan fingerprint density at radius 3 is 2.68 bits per heavy atom. The lowest BCUT2D eigenvalue weighted by molar-refractivity contribution is -0.0520. The summed E-state index contributed by atoms with van der Waals surface area (Å²) in [5.41, 5.74) is 1.63. The molecule has 0 bridgehead atoms.